The van der Waals surface area contributed by atoms with Crippen molar-refractivity contribution in [3.05, 3.63) is 47.7 Å². The molecule has 0 saturated heterocycles. The summed E-state index contributed by atoms with van der Waals surface area (Å²) in [6, 6.07) is 4.13. The fourth-order valence-corrected chi connectivity index (χ4v) is 2.32. The van der Waals surface area contributed by atoms with Crippen molar-refractivity contribution in [3.63, 3.8) is 0 Å². The van der Waals surface area contributed by atoms with Crippen molar-refractivity contribution in [2.75, 3.05) is 5.32 Å². The maximum atomic E-state index is 4.38. The van der Waals surface area contributed by atoms with Gasteiger partial charge in [-0.3, -0.25) is 4.98 Å². The summed E-state index contributed by atoms with van der Waals surface area (Å²) in [4.78, 5) is 16.1. The number of aryl methyl sites for hydroxylation is 2. The molecule has 3 aromatic rings. The highest BCUT2D eigenvalue weighted by molar-refractivity contribution is 5.91. The van der Waals surface area contributed by atoms with Crippen LogP contribution < -0.4 is 5.32 Å². The molecular formula is C15H17N5. The molecule has 0 fully saturated rings. The monoisotopic (exact) mass is 267 g/mol. The summed E-state index contributed by atoms with van der Waals surface area (Å²) in [6.45, 7) is 6.22. The van der Waals surface area contributed by atoms with E-state index in [1.807, 2.05) is 19.2 Å². The molecule has 0 radical (unpaired) electrons. The number of pyridine rings is 1. The van der Waals surface area contributed by atoms with Gasteiger partial charge in [0, 0.05) is 18.1 Å². The Bertz CT molecular complexity index is 733. The molecule has 0 aromatic carbocycles. The van der Waals surface area contributed by atoms with Crippen LogP contribution in [0.2, 0.25) is 0 Å². The second-order valence-electron chi connectivity index (χ2n) is 4.97. The van der Waals surface area contributed by atoms with Gasteiger partial charge >= 0.3 is 0 Å². The number of H-pyrrole nitrogens is 1. The molecule has 0 aliphatic heterocycles. The van der Waals surface area contributed by atoms with E-state index in [1.165, 1.54) is 5.56 Å². The zero-order chi connectivity index (χ0) is 14.1. The van der Waals surface area contributed by atoms with Gasteiger partial charge in [-0.2, -0.15) is 0 Å². The topological polar surface area (TPSA) is 66.5 Å². The molecule has 102 valence electrons. The minimum absolute atomic E-state index is 0.136. The average Bonchev–Trinajstić information content (AvgIpc) is 2.76. The van der Waals surface area contributed by atoms with Crippen LogP contribution in [0, 0.1) is 13.8 Å². The van der Waals surface area contributed by atoms with Gasteiger partial charge in [-0.1, -0.05) is 6.07 Å². The zero-order valence-electron chi connectivity index (χ0n) is 11.8. The lowest BCUT2D eigenvalue weighted by atomic mass is 10.1. The molecular weight excluding hydrogens is 250 g/mol. The molecule has 0 bridgehead atoms. The van der Waals surface area contributed by atoms with Gasteiger partial charge in [-0.05, 0) is 38.0 Å². The largest absolute Gasteiger partial charge is 0.363 e. The maximum absolute atomic E-state index is 4.38. The Labute approximate surface area is 117 Å². The number of anilines is 1. The fourth-order valence-electron chi connectivity index (χ4n) is 2.32. The normalized spacial score (nSPS) is 12.6. The molecule has 0 amide bonds. The van der Waals surface area contributed by atoms with E-state index in [1.54, 1.807) is 12.5 Å². The summed E-state index contributed by atoms with van der Waals surface area (Å²) >= 11 is 0. The van der Waals surface area contributed by atoms with Crippen LogP contribution in [0.4, 0.5) is 5.82 Å². The van der Waals surface area contributed by atoms with E-state index in [0.717, 1.165) is 28.1 Å². The highest BCUT2D eigenvalue weighted by atomic mass is 15.1. The number of aromatic nitrogens is 4. The van der Waals surface area contributed by atoms with E-state index < -0.39 is 0 Å². The Morgan fingerprint density at radius 2 is 2.10 bits per heavy atom. The van der Waals surface area contributed by atoms with Gasteiger partial charge in [0.15, 0.2) is 0 Å². The predicted molar refractivity (Wildman–Crippen MR) is 79.6 cm³/mol. The van der Waals surface area contributed by atoms with Crippen LogP contribution in [-0.2, 0) is 0 Å². The van der Waals surface area contributed by atoms with Crippen LogP contribution in [0.5, 0.6) is 0 Å². The molecule has 0 saturated carbocycles. The summed E-state index contributed by atoms with van der Waals surface area (Å²) in [6.07, 6.45) is 5.22. The van der Waals surface area contributed by atoms with Gasteiger partial charge in [0.1, 0.15) is 17.8 Å². The first-order valence-electron chi connectivity index (χ1n) is 6.63. The first kappa shape index (κ1) is 12.6. The highest BCUT2D eigenvalue weighted by Crippen LogP contribution is 2.27. The molecule has 3 heterocycles. The van der Waals surface area contributed by atoms with Crippen molar-refractivity contribution >= 4 is 16.9 Å². The van der Waals surface area contributed by atoms with Crippen LogP contribution in [0.15, 0.2) is 30.9 Å². The van der Waals surface area contributed by atoms with Gasteiger partial charge < -0.3 is 10.3 Å². The molecule has 2 N–H and O–H groups in total. The van der Waals surface area contributed by atoms with Crippen LogP contribution in [0.1, 0.15) is 29.8 Å². The SMILES string of the molecule is Cc1[nH]c2ncnc(NC(C)c3cccnc3)c2c1C. The lowest BCUT2D eigenvalue weighted by Gasteiger charge is -2.15. The van der Waals surface area contributed by atoms with E-state index in [2.05, 4.69) is 45.2 Å². The molecule has 3 rings (SSSR count). The lowest BCUT2D eigenvalue weighted by molar-refractivity contribution is 0.867. The summed E-state index contributed by atoms with van der Waals surface area (Å²) in [5, 5.41) is 4.50. The van der Waals surface area contributed by atoms with E-state index >= 15 is 0 Å². The van der Waals surface area contributed by atoms with Gasteiger partial charge in [-0.25, -0.2) is 9.97 Å². The predicted octanol–water partition coefficient (Wildman–Crippen LogP) is 3.14. The van der Waals surface area contributed by atoms with Crippen LogP contribution in [0.25, 0.3) is 11.0 Å². The Morgan fingerprint density at radius 3 is 2.85 bits per heavy atom. The van der Waals surface area contributed by atoms with E-state index in [4.69, 9.17) is 0 Å². The third kappa shape index (κ3) is 2.11. The molecule has 20 heavy (non-hydrogen) atoms. The van der Waals surface area contributed by atoms with E-state index in [9.17, 15) is 0 Å². The Hall–Kier alpha value is -2.43. The molecule has 0 spiro atoms. The Balaban J connectivity index is 1.99. The van der Waals surface area contributed by atoms with Crippen molar-refractivity contribution in [2.45, 2.75) is 26.8 Å². The average molecular weight is 267 g/mol. The van der Waals surface area contributed by atoms with E-state index in [-0.39, 0.29) is 6.04 Å². The van der Waals surface area contributed by atoms with Gasteiger partial charge in [0.05, 0.1) is 11.4 Å². The standard InChI is InChI=1S/C15H17N5/c1-9-10(2)19-14-13(9)15(18-8-17-14)20-11(3)12-5-4-6-16-7-12/h4-8,11H,1-3H3,(H2,17,18,19,20). The van der Waals surface area contributed by atoms with Crippen LogP contribution in [-0.4, -0.2) is 19.9 Å². The lowest BCUT2D eigenvalue weighted by Crippen LogP contribution is -2.08. The minimum atomic E-state index is 0.136. The van der Waals surface area contributed by atoms with Gasteiger partial charge in [0.2, 0.25) is 0 Å². The zero-order valence-corrected chi connectivity index (χ0v) is 11.8. The number of nitrogens with one attached hydrogen (secondary N) is 2. The number of rotatable bonds is 3. The third-order valence-corrected chi connectivity index (χ3v) is 3.63. The Kier molecular flexibility index (Phi) is 3.10. The van der Waals surface area contributed by atoms with Crippen molar-refractivity contribution < 1.29 is 0 Å². The van der Waals surface area contributed by atoms with Crippen molar-refractivity contribution in [1.82, 2.24) is 19.9 Å². The minimum Gasteiger partial charge on any atom is -0.363 e. The first-order chi connectivity index (χ1) is 9.66. The molecule has 0 aliphatic rings. The summed E-state index contributed by atoms with van der Waals surface area (Å²) in [7, 11) is 0. The van der Waals surface area contributed by atoms with Crippen molar-refractivity contribution in [3.8, 4) is 0 Å². The number of hydrogen-bond donors (Lipinski definition) is 2. The molecule has 5 nitrogen and oxygen atoms in total. The quantitative estimate of drug-likeness (QED) is 0.765. The fraction of sp³-hybridized carbons (Fsp3) is 0.267. The number of hydrogen-bond acceptors (Lipinski definition) is 4. The molecule has 3 aromatic heterocycles. The number of nitrogens with zero attached hydrogens (tertiary/aromatic N) is 3. The van der Waals surface area contributed by atoms with Crippen molar-refractivity contribution in [2.24, 2.45) is 0 Å². The van der Waals surface area contributed by atoms with Gasteiger partial charge in [0.25, 0.3) is 0 Å². The van der Waals surface area contributed by atoms with Gasteiger partial charge in [-0.15, -0.1) is 0 Å². The second kappa shape index (κ2) is 4.92. The number of aromatic amines is 1. The maximum Gasteiger partial charge on any atom is 0.143 e. The Morgan fingerprint density at radius 1 is 1.25 bits per heavy atom. The summed E-state index contributed by atoms with van der Waals surface area (Å²) < 4.78 is 0. The summed E-state index contributed by atoms with van der Waals surface area (Å²) in [5.41, 5.74) is 4.30. The molecule has 5 heteroatoms. The molecule has 0 aliphatic carbocycles. The highest BCUT2D eigenvalue weighted by Gasteiger charge is 2.13. The van der Waals surface area contributed by atoms with Crippen LogP contribution >= 0.6 is 0 Å². The number of fused-ring (bicyclic) bond motifs is 1. The smallest absolute Gasteiger partial charge is 0.143 e. The van der Waals surface area contributed by atoms with Crippen LogP contribution in [0.3, 0.4) is 0 Å². The second-order valence-corrected chi connectivity index (χ2v) is 4.97. The summed E-state index contributed by atoms with van der Waals surface area (Å²) in [5.74, 6) is 0.855. The molecule has 1 unspecified atom stereocenters. The molecule has 1 atom stereocenters. The van der Waals surface area contributed by atoms with Crippen molar-refractivity contribution in [1.29, 1.82) is 0 Å². The third-order valence-electron chi connectivity index (χ3n) is 3.63. The van der Waals surface area contributed by atoms with E-state index in [0.29, 0.717) is 0 Å². The first-order valence-corrected chi connectivity index (χ1v) is 6.63.